The molecule has 1 aliphatic heterocycles. The Balaban J connectivity index is 2.18. The van der Waals surface area contributed by atoms with Crippen LogP contribution < -0.4 is 5.32 Å². The Kier molecular flexibility index (Phi) is 2.17. The monoisotopic (exact) mass is 213 g/mol. The number of rotatable bonds is 1. The lowest BCUT2D eigenvalue weighted by Crippen LogP contribution is -2.13. The summed E-state index contributed by atoms with van der Waals surface area (Å²) >= 11 is 0. The zero-order valence-electron chi connectivity index (χ0n) is 9.40. The zero-order chi connectivity index (χ0) is 11.0. The summed E-state index contributed by atoms with van der Waals surface area (Å²) in [6.45, 7) is 1.06. The van der Waals surface area contributed by atoms with Crippen molar-refractivity contribution in [3.8, 4) is 11.4 Å². The SMILES string of the molecule is Cn1ccnc1-c1cccc2c1NCCC2. The number of nitrogens with one attached hydrogen (secondary N) is 1. The number of nitrogens with zero attached hydrogens (tertiary/aromatic N) is 2. The average Bonchev–Trinajstić information content (AvgIpc) is 2.75. The Morgan fingerprint density at radius 1 is 1.38 bits per heavy atom. The van der Waals surface area contributed by atoms with Gasteiger partial charge in [-0.3, -0.25) is 0 Å². The van der Waals surface area contributed by atoms with E-state index in [9.17, 15) is 0 Å². The first-order chi connectivity index (χ1) is 7.86. The molecule has 1 N–H and O–H groups in total. The lowest BCUT2D eigenvalue weighted by Gasteiger charge is -2.20. The fourth-order valence-electron chi connectivity index (χ4n) is 2.32. The van der Waals surface area contributed by atoms with Crippen LogP contribution in [0.4, 0.5) is 5.69 Å². The molecule has 1 aromatic carbocycles. The third kappa shape index (κ3) is 1.40. The van der Waals surface area contributed by atoms with Gasteiger partial charge in [-0.1, -0.05) is 12.1 Å². The Morgan fingerprint density at radius 2 is 2.31 bits per heavy atom. The van der Waals surface area contributed by atoms with Gasteiger partial charge < -0.3 is 9.88 Å². The lowest BCUT2D eigenvalue weighted by atomic mass is 9.99. The first-order valence-corrected chi connectivity index (χ1v) is 5.70. The van der Waals surface area contributed by atoms with Gasteiger partial charge in [0.25, 0.3) is 0 Å². The molecule has 1 aromatic heterocycles. The van der Waals surface area contributed by atoms with Crippen LogP contribution in [0, 0.1) is 0 Å². The summed E-state index contributed by atoms with van der Waals surface area (Å²) in [4.78, 5) is 4.42. The molecule has 82 valence electrons. The van der Waals surface area contributed by atoms with Gasteiger partial charge in [0.05, 0.1) is 0 Å². The highest BCUT2D eigenvalue weighted by Gasteiger charge is 2.15. The molecule has 2 aromatic rings. The van der Waals surface area contributed by atoms with E-state index in [4.69, 9.17) is 0 Å². The molecular formula is C13H15N3. The Bertz CT molecular complexity index is 514. The maximum atomic E-state index is 4.42. The van der Waals surface area contributed by atoms with Crippen molar-refractivity contribution < 1.29 is 0 Å². The molecule has 0 aliphatic carbocycles. The smallest absolute Gasteiger partial charge is 0.141 e. The zero-order valence-corrected chi connectivity index (χ0v) is 9.40. The second-order valence-corrected chi connectivity index (χ2v) is 4.23. The molecule has 0 bridgehead atoms. The lowest BCUT2D eigenvalue weighted by molar-refractivity contribution is 0.829. The van der Waals surface area contributed by atoms with Crippen LogP contribution in [0.2, 0.25) is 0 Å². The predicted octanol–water partition coefficient (Wildman–Crippen LogP) is 2.45. The summed E-state index contributed by atoms with van der Waals surface area (Å²) in [5, 5.41) is 3.49. The number of benzene rings is 1. The van der Waals surface area contributed by atoms with E-state index in [1.54, 1.807) is 0 Å². The number of aromatic nitrogens is 2. The standard InChI is InChI=1S/C13H15N3/c1-16-9-8-15-13(16)11-6-2-4-10-5-3-7-14-12(10)11/h2,4,6,8-9,14H,3,5,7H2,1H3. The van der Waals surface area contributed by atoms with Crippen molar-refractivity contribution in [2.24, 2.45) is 7.05 Å². The third-order valence-corrected chi connectivity index (χ3v) is 3.14. The van der Waals surface area contributed by atoms with Gasteiger partial charge >= 0.3 is 0 Å². The molecule has 16 heavy (non-hydrogen) atoms. The second-order valence-electron chi connectivity index (χ2n) is 4.23. The molecule has 3 nitrogen and oxygen atoms in total. The molecule has 0 spiro atoms. The maximum absolute atomic E-state index is 4.42. The van der Waals surface area contributed by atoms with E-state index in [-0.39, 0.29) is 0 Å². The number of anilines is 1. The van der Waals surface area contributed by atoms with Crippen molar-refractivity contribution in [2.75, 3.05) is 11.9 Å². The van der Waals surface area contributed by atoms with Crippen LogP contribution in [-0.4, -0.2) is 16.1 Å². The molecule has 0 saturated carbocycles. The average molecular weight is 213 g/mol. The summed E-state index contributed by atoms with van der Waals surface area (Å²) in [5.74, 6) is 1.03. The summed E-state index contributed by atoms with van der Waals surface area (Å²) in [7, 11) is 2.03. The summed E-state index contributed by atoms with van der Waals surface area (Å²) in [5.41, 5.74) is 3.89. The summed E-state index contributed by atoms with van der Waals surface area (Å²) in [6.07, 6.45) is 6.22. The van der Waals surface area contributed by atoms with E-state index >= 15 is 0 Å². The highest BCUT2D eigenvalue weighted by Crippen LogP contribution is 2.32. The largest absolute Gasteiger partial charge is 0.384 e. The fraction of sp³-hybridized carbons (Fsp3) is 0.308. The Morgan fingerprint density at radius 3 is 3.12 bits per heavy atom. The van der Waals surface area contributed by atoms with E-state index in [0.717, 1.165) is 12.4 Å². The van der Waals surface area contributed by atoms with E-state index < -0.39 is 0 Å². The molecule has 3 heteroatoms. The van der Waals surface area contributed by atoms with Crippen LogP contribution in [0.1, 0.15) is 12.0 Å². The number of fused-ring (bicyclic) bond motifs is 1. The highest BCUT2D eigenvalue weighted by molar-refractivity contribution is 5.77. The van der Waals surface area contributed by atoms with Gasteiger partial charge in [0.2, 0.25) is 0 Å². The van der Waals surface area contributed by atoms with Crippen molar-refractivity contribution in [1.82, 2.24) is 9.55 Å². The van der Waals surface area contributed by atoms with Gasteiger partial charge in [-0.05, 0) is 24.5 Å². The van der Waals surface area contributed by atoms with Crippen LogP contribution in [0.5, 0.6) is 0 Å². The van der Waals surface area contributed by atoms with Crippen molar-refractivity contribution in [1.29, 1.82) is 0 Å². The highest BCUT2D eigenvalue weighted by atomic mass is 15.0. The van der Waals surface area contributed by atoms with E-state index in [2.05, 4.69) is 33.1 Å². The van der Waals surface area contributed by atoms with Crippen LogP contribution in [0.25, 0.3) is 11.4 Å². The minimum atomic E-state index is 1.03. The van der Waals surface area contributed by atoms with E-state index in [1.807, 2.05) is 19.4 Å². The minimum Gasteiger partial charge on any atom is -0.384 e. The molecule has 1 aliphatic rings. The Hall–Kier alpha value is -1.77. The number of aryl methyl sites for hydroxylation is 2. The number of hydrogen-bond acceptors (Lipinski definition) is 2. The first kappa shape index (κ1) is 9.46. The van der Waals surface area contributed by atoms with E-state index in [1.165, 1.54) is 29.7 Å². The molecule has 0 saturated heterocycles. The van der Waals surface area contributed by atoms with Crippen LogP contribution in [0.15, 0.2) is 30.6 Å². The second kappa shape index (κ2) is 3.67. The first-order valence-electron chi connectivity index (χ1n) is 5.70. The summed E-state index contributed by atoms with van der Waals surface area (Å²) < 4.78 is 2.06. The van der Waals surface area contributed by atoms with Crippen LogP contribution >= 0.6 is 0 Å². The molecule has 0 atom stereocenters. The maximum Gasteiger partial charge on any atom is 0.141 e. The Labute approximate surface area is 95.1 Å². The van der Waals surface area contributed by atoms with Crippen molar-refractivity contribution in [3.63, 3.8) is 0 Å². The number of imidazole rings is 1. The topological polar surface area (TPSA) is 29.9 Å². The molecule has 2 heterocycles. The molecule has 0 fully saturated rings. The molecule has 3 rings (SSSR count). The van der Waals surface area contributed by atoms with Gasteiger partial charge in [-0.25, -0.2) is 4.98 Å². The predicted molar refractivity (Wildman–Crippen MR) is 65.5 cm³/mol. The van der Waals surface area contributed by atoms with Gasteiger partial charge in [0, 0.05) is 37.2 Å². The quantitative estimate of drug-likeness (QED) is 0.788. The number of hydrogen-bond donors (Lipinski definition) is 1. The minimum absolute atomic E-state index is 1.03. The van der Waals surface area contributed by atoms with Crippen LogP contribution in [0.3, 0.4) is 0 Å². The molecular weight excluding hydrogens is 198 g/mol. The molecule has 0 amide bonds. The van der Waals surface area contributed by atoms with Gasteiger partial charge in [0.1, 0.15) is 5.82 Å². The molecule has 0 radical (unpaired) electrons. The van der Waals surface area contributed by atoms with Gasteiger partial charge in [-0.2, -0.15) is 0 Å². The van der Waals surface area contributed by atoms with E-state index in [0.29, 0.717) is 0 Å². The molecule has 0 unspecified atom stereocenters. The fourth-order valence-corrected chi connectivity index (χ4v) is 2.32. The van der Waals surface area contributed by atoms with Crippen molar-refractivity contribution in [2.45, 2.75) is 12.8 Å². The normalized spacial score (nSPS) is 14.3. The van der Waals surface area contributed by atoms with Crippen molar-refractivity contribution in [3.05, 3.63) is 36.2 Å². The number of para-hydroxylation sites is 1. The van der Waals surface area contributed by atoms with Crippen molar-refractivity contribution >= 4 is 5.69 Å². The van der Waals surface area contributed by atoms with Gasteiger partial charge in [0.15, 0.2) is 0 Å². The summed E-state index contributed by atoms with van der Waals surface area (Å²) in [6, 6.07) is 6.46. The third-order valence-electron chi connectivity index (χ3n) is 3.14. The van der Waals surface area contributed by atoms with Gasteiger partial charge in [-0.15, -0.1) is 0 Å². The van der Waals surface area contributed by atoms with Crippen LogP contribution in [-0.2, 0) is 13.5 Å².